The molecule has 1 aliphatic rings. The van der Waals surface area contributed by atoms with Gasteiger partial charge in [0.2, 0.25) is 0 Å². The molecule has 110 valence electrons. The normalized spacial score (nSPS) is 21.2. The highest BCUT2D eigenvalue weighted by molar-refractivity contribution is 6.62. The Kier molecular flexibility index (Phi) is 3.44. The van der Waals surface area contributed by atoms with Gasteiger partial charge in [0.25, 0.3) is 0 Å². The van der Waals surface area contributed by atoms with Crippen molar-refractivity contribution >= 4 is 12.6 Å². The zero-order chi connectivity index (χ0) is 15.3. The molecule has 1 fully saturated rings. The van der Waals surface area contributed by atoms with Gasteiger partial charge in [-0.25, -0.2) is 0 Å². The first-order chi connectivity index (χ1) is 8.94. The van der Waals surface area contributed by atoms with Crippen molar-refractivity contribution in [2.24, 2.45) is 0 Å². The molecule has 2 rings (SSSR count). The predicted molar refractivity (Wildman–Crippen MR) is 79.1 cm³/mol. The second kappa shape index (κ2) is 4.48. The Labute approximate surface area is 120 Å². The first-order valence-corrected chi connectivity index (χ1v) is 6.85. The molecule has 0 spiro atoms. The van der Waals surface area contributed by atoms with Crippen LogP contribution in [-0.2, 0) is 14.9 Å². The molecule has 2 N–H and O–H groups in total. The molecule has 0 unspecified atom stereocenters. The number of hydrogen-bond acceptors (Lipinski definition) is 4. The fourth-order valence-electron chi connectivity index (χ4n) is 2.17. The van der Waals surface area contributed by atoms with Crippen molar-refractivity contribution in [3.8, 4) is 5.75 Å². The lowest BCUT2D eigenvalue weighted by molar-refractivity contribution is 0.00578. The van der Waals surface area contributed by atoms with Crippen LogP contribution in [0.4, 0.5) is 0 Å². The van der Waals surface area contributed by atoms with Crippen LogP contribution in [0.25, 0.3) is 0 Å². The molecule has 0 amide bonds. The summed E-state index contributed by atoms with van der Waals surface area (Å²) >= 11 is 0. The Morgan fingerprint density at radius 3 is 2.00 bits per heavy atom. The lowest BCUT2D eigenvalue weighted by Crippen LogP contribution is -2.41. The zero-order valence-electron chi connectivity index (χ0n) is 13.0. The van der Waals surface area contributed by atoms with Crippen LogP contribution in [0, 0.1) is 0 Å². The highest BCUT2D eigenvalue weighted by atomic mass is 16.7. The molecule has 0 atom stereocenters. The molecule has 1 saturated heterocycles. The van der Waals surface area contributed by atoms with E-state index in [0.29, 0.717) is 5.56 Å². The number of phenols is 1. The molecule has 0 aliphatic carbocycles. The lowest BCUT2D eigenvalue weighted by Gasteiger charge is -2.32. The smallest absolute Gasteiger partial charge is 0.494 e. The van der Waals surface area contributed by atoms with Gasteiger partial charge in [-0.05, 0) is 53.1 Å². The fraction of sp³-hybridized carbons (Fsp3) is 0.600. The summed E-state index contributed by atoms with van der Waals surface area (Å²) in [6, 6.07) is 5.05. The van der Waals surface area contributed by atoms with E-state index in [1.807, 2.05) is 27.7 Å². The van der Waals surface area contributed by atoms with E-state index in [4.69, 9.17) is 9.31 Å². The second-order valence-corrected chi connectivity index (χ2v) is 6.92. The van der Waals surface area contributed by atoms with Gasteiger partial charge < -0.3 is 19.5 Å². The van der Waals surface area contributed by atoms with Crippen LogP contribution in [0.15, 0.2) is 18.2 Å². The largest absolute Gasteiger partial charge is 0.508 e. The van der Waals surface area contributed by atoms with Crippen molar-refractivity contribution < 1.29 is 19.5 Å². The predicted octanol–water partition coefficient (Wildman–Crippen LogP) is 1.92. The van der Waals surface area contributed by atoms with E-state index in [9.17, 15) is 10.2 Å². The highest BCUT2D eigenvalue weighted by Gasteiger charge is 2.51. The fourth-order valence-corrected chi connectivity index (χ4v) is 2.17. The molecule has 0 aromatic heterocycles. The summed E-state index contributed by atoms with van der Waals surface area (Å²) in [5.41, 5.74) is -0.693. The maximum atomic E-state index is 10.1. The van der Waals surface area contributed by atoms with Crippen molar-refractivity contribution in [2.45, 2.75) is 58.3 Å². The molecule has 1 aliphatic heterocycles. The summed E-state index contributed by atoms with van der Waals surface area (Å²) in [6.45, 7) is 11.2. The molecule has 20 heavy (non-hydrogen) atoms. The molecular weight excluding hydrogens is 255 g/mol. The third-order valence-corrected chi connectivity index (χ3v) is 4.21. The second-order valence-electron chi connectivity index (χ2n) is 6.92. The van der Waals surface area contributed by atoms with Crippen molar-refractivity contribution in [3.63, 3.8) is 0 Å². The van der Waals surface area contributed by atoms with Crippen molar-refractivity contribution in [3.05, 3.63) is 23.8 Å². The Hall–Kier alpha value is -1.04. The van der Waals surface area contributed by atoms with E-state index < -0.39 is 23.9 Å². The molecule has 1 aromatic carbocycles. The molecule has 5 heteroatoms. The van der Waals surface area contributed by atoms with Crippen LogP contribution in [-0.4, -0.2) is 28.5 Å². The minimum atomic E-state index is -1.12. The molecule has 4 nitrogen and oxygen atoms in total. The minimum Gasteiger partial charge on any atom is -0.508 e. The monoisotopic (exact) mass is 278 g/mol. The van der Waals surface area contributed by atoms with E-state index in [1.54, 1.807) is 32.0 Å². The number of hydrogen-bond donors (Lipinski definition) is 2. The van der Waals surface area contributed by atoms with Crippen molar-refractivity contribution in [1.29, 1.82) is 0 Å². The minimum absolute atomic E-state index is 0.0674. The summed E-state index contributed by atoms with van der Waals surface area (Å²) in [5.74, 6) is 0.0674. The number of phenolic OH excluding ortho intramolecular Hbond substituents is 1. The number of aromatic hydroxyl groups is 1. The van der Waals surface area contributed by atoms with Gasteiger partial charge in [-0.2, -0.15) is 0 Å². The summed E-state index contributed by atoms with van der Waals surface area (Å²) in [6.07, 6.45) is 0. The van der Waals surface area contributed by atoms with Gasteiger partial charge in [0.1, 0.15) is 5.75 Å². The van der Waals surface area contributed by atoms with E-state index >= 15 is 0 Å². The number of aliphatic hydroxyl groups is 1. The van der Waals surface area contributed by atoms with Crippen molar-refractivity contribution in [2.75, 3.05) is 0 Å². The molecule has 0 bridgehead atoms. The van der Waals surface area contributed by atoms with Crippen LogP contribution in [0.2, 0.25) is 0 Å². The van der Waals surface area contributed by atoms with E-state index in [-0.39, 0.29) is 5.75 Å². The van der Waals surface area contributed by atoms with Gasteiger partial charge in [0, 0.05) is 5.56 Å². The molecular formula is C15H23BO4. The zero-order valence-corrected chi connectivity index (χ0v) is 13.0. The molecule has 1 aromatic rings. The van der Waals surface area contributed by atoms with Gasteiger partial charge in [-0.15, -0.1) is 0 Å². The van der Waals surface area contributed by atoms with E-state index in [2.05, 4.69) is 0 Å². The van der Waals surface area contributed by atoms with Crippen LogP contribution in [0.1, 0.15) is 47.1 Å². The van der Waals surface area contributed by atoms with Gasteiger partial charge in [-0.1, -0.05) is 12.1 Å². The maximum Gasteiger partial charge on any atom is 0.494 e. The van der Waals surface area contributed by atoms with Crippen LogP contribution < -0.4 is 5.46 Å². The topological polar surface area (TPSA) is 58.9 Å². The summed E-state index contributed by atoms with van der Waals surface area (Å²) in [4.78, 5) is 0. The Morgan fingerprint density at radius 1 is 1.05 bits per heavy atom. The van der Waals surface area contributed by atoms with E-state index in [1.165, 1.54) is 0 Å². The first-order valence-electron chi connectivity index (χ1n) is 6.85. The van der Waals surface area contributed by atoms with Crippen LogP contribution in [0.3, 0.4) is 0 Å². The summed E-state index contributed by atoms with van der Waals surface area (Å²) in [7, 11) is -0.498. The SMILES string of the molecule is CC(C)(O)c1cc(B2OC(C)(C)C(C)(C)O2)ccc1O. The summed E-state index contributed by atoms with van der Waals surface area (Å²) < 4.78 is 11.9. The third-order valence-electron chi connectivity index (χ3n) is 4.21. The molecule has 0 saturated carbocycles. The molecule has 0 radical (unpaired) electrons. The maximum absolute atomic E-state index is 10.1. The lowest BCUT2D eigenvalue weighted by atomic mass is 9.77. The van der Waals surface area contributed by atoms with Gasteiger partial charge in [0.15, 0.2) is 0 Å². The average Bonchev–Trinajstić information content (AvgIpc) is 2.47. The highest BCUT2D eigenvalue weighted by Crippen LogP contribution is 2.37. The number of benzene rings is 1. The average molecular weight is 278 g/mol. The quantitative estimate of drug-likeness (QED) is 0.811. The Bertz CT molecular complexity index is 501. The van der Waals surface area contributed by atoms with Gasteiger partial charge >= 0.3 is 7.12 Å². The standard InChI is InChI=1S/C15H23BO4/c1-13(2,18)11-9-10(7-8-12(11)17)16-19-14(3,4)15(5,6)20-16/h7-9,17-18H,1-6H3. The number of rotatable bonds is 2. The van der Waals surface area contributed by atoms with Crippen LogP contribution in [0.5, 0.6) is 5.75 Å². The van der Waals surface area contributed by atoms with Gasteiger partial charge in [0.05, 0.1) is 16.8 Å². The Morgan fingerprint density at radius 2 is 1.55 bits per heavy atom. The third kappa shape index (κ3) is 2.58. The van der Waals surface area contributed by atoms with E-state index in [0.717, 1.165) is 5.46 Å². The summed E-state index contributed by atoms with van der Waals surface area (Å²) in [5, 5.41) is 20.0. The molecule has 1 heterocycles. The Balaban J connectivity index is 2.37. The van der Waals surface area contributed by atoms with Crippen LogP contribution >= 0.6 is 0 Å². The van der Waals surface area contributed by atoms with Crippen molar-refractivity contribution in [1.82, 2.24) is 0 Å². The van der Waals surface area contributed by atoms with Gasteiger partial charge in [-0.3, -0.25) is 0 Å². The first kappa shape index (κ1) is 15.4.